The van der Waals surface area contributed by atoms with Gasteiger partial charge in [0, 0.05) is 18.2 Å². The molecule has 0 aliphatic heterocycles. The fourth-order valence-corrected chi connectivity index (χ4v) is 2.63. The molecule has 6 heteroatoms. The molecule has 6 nitrogen and oxygen atoms in total. The second-order valence-corrected chi connectivity index (χ2v) is 6.08. The molecule has 2 rings (SSSR count). The molecule has 2 atom stereocenters. The van der Waals surface area contributed by atoms with Crippen LogP contribution in [0.25, 0.3) is 0 Å². The van der Waals surface area contributed by atoms with Crippen LogP contribution in [0.15, 0.2) is 42.5 Å². The van der Waals surface area contributed by atoms with E-state index in [4.69, 9.17) is 10.2 Å². The molecule has 0 aliphatic rings. The molecule has 0 unspecified atom stereocenters. The first-order valence-electron chi connectivity index (χ1n) is 8.07. The first kappa shape index (κ1) is 18.9. The molecule has 0 saturated carbocycles. The van der Waals surface area contributed by atoms with Gasteiger partial charge in [0.05, 0.1) is 18.3 Å². The number of aliphatic hydroxyl groups excluding tert-OH is 2. The fraction of sp³-hybridized carbons (Fsp3) is 0.316. The number of rotatable bonds is 8. The Morgan fingerprint density at radius 1 is 1.20 bits per heavy atom. The van der Waals surface area contributed by atoms with Crippen LogP contribution in [0.4, 0.5) is 0 Å². The van der Waals surface area contributed by atoms with Crippen LogP contribution in [0.2, 0.25) is 0 Å². The van der Waals surface area contributed by atoms with E-state index in [0.717, 1.165) is 5.56 Å². The topological polar surface area (TPSA) is 110 Å². The summed E-state index contributed by atoms with van der Waals surface area (Å²) in [6, 6.07) is 11.5. The van der Waals surface area contributed by atoms with Crippen molar-refractivity contribution in [3.8, 4) is 5.75 Å². The first-order valence-corrected chi connectivity index (χ1v) is 8.07. The molecular formula is C19H23NO5. The van der Waals surface area contributed by atoms with E-state index in [1.807, 2.05) is 13.0 Å². The van der Waals surface area contributed by atoms with Crippen LogP contribution in [0.5, 0.6) is 5.75 Å². The van der Waals surface area contributed by atoms with Crippen molar-refractivity contribution in [2.24, 2.45) is 0 Å². The summed E-state index contributed by atoms with van der Waals surface area (Å²) in [7, 11) is 0. The fourth-order valence-electron chi connectivity index (χ4n) is 2.63. The molecule has 5 N–H and O–H groups in total. The SMILES string of the molecule is C[C@H](Cc1cccc(C(=O)O)c1)NC[C@@H](O)c1ccc(O)c(CO)c1. The zero-order valence-electron chi connectivity index (χ0n) is 14.0. The van der Waals surface area contributed by atoms with Crippen molar-refractivity contribution < 1.29 is 25.2 Å². The first-order chi connectivity index (χ1) is 11.9. The summed E-state index contributed by atoms with van der Waals surface area (Å²) in [6.07, 6.45) is -0.149. The van der Waals surface area contributed by atoms with Crippen molar-refractivity contribution >= 4 is 5.97 Å². The number of phenols is 1. The number of aliphatic hydroxyl groups is 2. The van der Waals surface area contributed by atoms with Gasteiger partial charge in [-0.2, -0.15) is 0 Å². The third kappa shape index (κ3) is 5.29. The highest BCUT2D eigenvalue weighted by Gasteiger charge is 2.12. The van der Waals surface area contributed by atoms with E-state index in [9.17, 15) is 15.0 Å². The van der Waals surface area contributed by atoms with E-state index in [0.29, 0.717) is 24.1 Å². The van der Waals surface area contributed by atoms with Crippen LogP contribution < -0.4 is 5.32 Å². The lowest BCUT2D eigenvalue weighted by Crippen LogP contribution is -2.32. The lowest BCUT2D eigenvalue weighted by Gasteiger charge is -2.18. The lowest BCUT2D eigenvalue weighted by atomic mass is 10.0. The van der Waals surface area contributed by atoms with E-state index in [1.54, 1.807) is 30.3 Å². The number of carbonyl (C=O) groups is 1. The number of aromatic hydroxyl groups is 1. The number of carboxylic acid groups (broad SMARTS) is 1. The molecule has 0 amide bonds. The molecule has 0 aliphatic carbocycles. The minimum atomic E-state index is -0.954. The summed E-state index contributed by atoms with van der Waals surface area (Å²) in [5, 5.41) is 41.2. The molecule has 0 spiro atoms. The maximum Gasteiger partial charge on any atom is 0.335 e. The molecule has 0 radical (unpaired) electrons. The molecule has 25 heavy (non-hydrogen) atoms. The van der Waals surface area contributed by atoms with Crippen molar-refractivity contribution in [1.29, 1.82) is 0 Å². The number of benzene rings is 2. The van der Waals surface area contributed by atoms with Gasteiger partial charge in [-0.1, -0.05) is 18.2 Å². The third-order valence-corrected chi connectivity index (χ3v) is 4.03. The highest BCUT2D eigenvalue weighted by molar-refractivity contribution is 5.87. The molecule has 2 aromatic carbocycles. The number of hydrogen-bond acceptors (Lipinski definition) is 5. The van der Waals surface area contributed by atoms with E-state index < -0.39 is 12.1 Å². The van der Waals surface area contributed by atoms with Crippen molar-refractivity contribution in [3.05, 3.63) is 64.7 Å². The maximum absolute atomic E-state index is 11.0. The molecule has 0 saturated heterocycles. The molecule has 0 heterocycles. The van der Waals surface area contributed by atoms with Gasteiger partial charge in [0.15, 0.2) is 0 Å². The Morgan fingerprint density at radius 3 is 2.64 bits per heavy atom. The normalized spacial score (nSPS) is 13.4. The van der Waals surface area contributed by atoms with Gasteiger partial charge >= 0.3 is 5.97 Å². The van der Waals surface area contributed by atoms with Crippen molar-refractivity contribution in [1.82, 2.24) is 5.32 Å². The monoisotopic (exact) mass is 345 g/mol. The Hall–Kier alpha value is -2.41. The van der Waals surface area contributed by atoms with Gasteiger partial charge in [0.25, 0.3) is 0 Å². The number of aromatic carboxylic acids is 1. The zero-order chi connectivity index (χ0) is 18.4. The summed E-state index contributed by atoms with van der Waals surface area (Å²) < 4.78 is 0. The Bertz CT molecular complexity index is 732. The Morgan fingerprint density at radius 2 is 1.96 bits per heavy atom. The predicted molar refractivity (Wildman–Crippen MR) is 93.6 cm³/mol. The van der Waals surface area contributed by atoms with Gasteiger partial charge in [-0.05, 0) is 48.7 Å². The van der Waals surface area contributed by atoms with Crippen LogP contribution in [-0.4, -0.2) is 39.0 Å². The van der Waals surface area contributed by atoms with Gasteiger partial charge in [-0.15, -0.1) is 0 Å². The van der Waals surface area contributed by atoms with Gasteiger partial charge in [0.2, 0.25) is 0 Å². The number of carboxylic acids is 1. The Labute approximate surface area is 146 Å². The molecule has 2 aromatic rings. The van der Waals surface area contributed by atoms with Crippen molar-refractivity contribution in [2.75, 3.05) is 6.54 Å². The summed E-state index contributed by atoms with van der Waals surface area (Å²) in [4.78, 5) is 11.0. The van der Waals surface area contributed by atoms with Gasteiger partial charge < -0.3 is 25.7 Å². The molecule has 0 fully saturated rings. The third-order valence-electron chi connectivity index (χ3n) is 4.03. The maximum atomic E-state index is 11.0. The van der Waals surface area contributed by atoms with Gasteiger partial charge in [-0.3, -0.25) is 0 Å². The number of nitrogens with one attached hydrogen (secondary N) is 1. The van der Waals surface area contributed by atoms with E-state index in [1.165, 1.54) is 6.07 Å². The molecule has 0 bridgehead atoms. The summed E-state index contributed by atoms with van der Waals surface area (Å²) in [6.45, 7) is 1.96. The molecule has 0 aromatic heterocycles. The highest BCUT2D eigenvalue weighted by Crippen LogP contribution is 2.22. The Balaban J connectivity index is 1.92. The lowest BCUT2D eigenvalue weighted by molar-refractivity contribution is 0.0696. The largest absolute Gasteiger partial charge is 0.508 e. The van der Waals surface area contributed by atoms with E-state index >= 15 is 0 Å². The Kier molecular flexibility index (Phi) is 6.52. The summed E-state index contributed by atoms with van der Waals surface area (Å²) in [5.74, 6) is -0.956. The van der Waals surface area contributed by atoms with E-state index in [2.05, 4.69) is 5.32 Å². The minimum Gasteiger partial charge on any atom is -0.508 e. The molecule has 134 valence electrons. The second-order valence-electron chi connectivity index (χ2n) is 6.08. The quantitative estimate of drug-likeness (QED) is 0.499. The minimum absolute atomic E-state index is 0.00177. The van der Waals surface area contributed by atoms with Crippen LogP contribution in [0.1, 0.15) is 40.1 Å². The number of hydrogen-bond donors (Lipinski definition) is 5. The van der Waals surface area contributed by atoms with Crippen LogP contribution in [-0.2, 0) is 13.0 Å². The van der Waals surface area contributed by atoms with Gasteiger partial charge in [0.1, 0.15) is 5.75 Å². The van der Waals surface area contributed by atoms with Crippen molar-refractivity contribution in [3.63, 3.8) is 0 Å². The smallest absolute Gasteiger partial charge is 0.335 e. The zero-order valence-corrected chi connectivity index (χ0v) is 14.0. The summed E-state index contributed by atoms with van der Waals surface area (Å²) >= 11 is 0. The summed E-state index contributed by atoms with van der Waals surface area (Å²) in [5.41, 5.74) is 2.14. The van der Waals surface area contributed by atoms with Crippen LogP contribution in [0.3, 0.4) is 0 Å². The second kappa shape index (κ2) is 8.62. The van der Waals surface area contributed by atoms with Crippen LogP contribution in [0, 0.1) is 0 Å². The standard InChI is InChI=1S/C19H23NO5/c1-12(7-13-3-2-4-15(8-13)19(24)25)20-10-18(23)14-5-6-17(22)16(9-14)11-21/h2-6,8-9,12,18,20-23H,7,10-11H2,1H3,(H,24,25)/t12-,18-/m1/s1. The molecular weight excluding hydrogens is 322 g/mol. The average molecular weight is 345 g/mol. The van der Waals surface area contributed by atoms with Crippen molar-refractivity contribution in [2.45, 2.75) is 32.1 Å². The van der Waals surface area contributed by atoms with Crippen LogP contribution >= 0.6 is 0 Å². The predicted octanol–water partition coefficient (Wildman–Crippen LogP) is 1.84. The average Bonchev–Trinajstić information content (AvgIpc) is 2.60. The van der Waals surface area contributed by atoms with Gasteiger partial charge in [-0.25, -0.2) is 4.79 Å². The highest BCUT2D eigenvalue weighted by atomic mass is 16.4. The van der Waals surface area contributed by atoms with E-state index in [-0.39, 0.29) is 24.0 Å².